The Morgan fingerprint density at radius 1 is 1.07 bits per heavy atom. The molecule has 3 heterocycles. The zero-order chi connectivity index (χ0) is 28.3. The summed E-state index contributed by atoms with van der Waals surface area (Å²) in [5, 5.41) is 0.192. The number of carbonyl (C=O) groups excluding carboxylic acids is 1. The van der Waals surface area contributed by atoms with Gasteiger partial charge in [-0.2, -0.15) is 0 Å². The van der Waals surface area contributed by atoms with Crippen molar-refractivity contribution in [2.45, 2.75) is 32.1 Å². The van der Waals surface area contributed by atoms with Gasteiger partial charge in [0.2, 0.25) is 0 Å². The van der Waals surface area contributed by atoms with Crippen LogP contribution < -0.4 is 5.56 Å². The van der Waals surface area contributed by atoms with Gasteiger partial charge in [-0.25, -0.2) is 9.37 Å². The zero-order valence-corrected chi connectivity index (χ0v) is 24.0. The summed E-state index contributed by atoms with van der Waals surface area (Å²) in [6.07, 6.45) is 2.52. The highest BCUT2D eigenvalue weighted by Crippen LogP contribution is 2.57. The lowest BCUT2D eigenvalue weighted by Crippen LogP contribution is -2.23. The number of thiazole rings is 1. The summed E-state index contributed by atoms with van der Waals surface area (Å²) < 4.78 is 18.2. The lowest BCUT2D eigenvalue weighted by atomic mass is 10.0. The molecule has 1 aliphatic rings. The zero-order valence-electron chi connectivity index (χ0n) is 22.4. The van der Waals surface area contributed by atoms with Gasteiger partial charge in [-0.15, -0.1) is 11.3 Å². The molecule has 0 unspecified atom stereocenters. The van der Waals surface area contributed by atoms with Crippen LogP contribution in [-0.4, -0.2) is 39.4 Å². The van der Waals surface area contributed by atoms with Gasteiger partial charge in [-0.05, 0) is 79.1 Å². The molecule has 1 fully saturated rings. The number of aryl methyl sites for hydroxylation is 2. The van der Waals surface area contributed by atoms with Gasteiger partial charge in [0, 0.05) is 31.5 Å². The number of benzene rings is 2. The van der Waals surface area contributed by atoms with Crippen molar-refractivity contribution in [1.29, 1.82) is 0 Å². The van der Waals surface area contributed by atoms with E-state index in [2.05, 4.69) is 16.0 Å². The molecule has 6 rings (SSSR count). The van der Waals surface area contributed by atoms with E-state index in [9.17, 15) is 9.59 Å². The van der Waals surface area contributed by atoms with Crippen molar-refractivity contribution in [2.75, 3.05) is 14.1 Å². The van der Waals surface area contributed by atoms with Gasteiger partial charge in [-0.1, -0.05) is 29.8 Å². The standard InChI is InChI=1S/C31H26ClFN4O2S/c1-16-14-34-25(19-8-5-9-20(28(19)33)30(38)36(3)4)13-26(16)37-17(2)11-23(27(32)31(37)39)22-12-21(22)18-7-6-10-24-29(18)40-15-35-24/h5-11,13-15,21-22H,12H2,1-4H3/t21-,22+/m1/s1. The summed E-state index contributed by atoms with van der Waals surface area (Å²) in [6, 6.07) is 14.5. The van der Waals surface area contributed by atoms with Crippen molar-refractivity contribution in [1.82, 2.24) is 19.4 Å². The first kappa shape index (κ1) is 26.3. The molecule has 202 valence electrons. The molecule has 6 nitrogen and oxygen atoms in total. The highest BCUT2D eigenvalue weighted by Gasteiger charge is 2.42. The highest BCUT2D eigenvalue weighted by atomic mass is 35.5. The van der Waals surface area contributed by atoms with Crippen LogP contribution in [0.5, 0.6) is 0 Å². The SMILES string of the molecule is Cc1cnc(-c2cccc(C(=O)N(C)C)c2F)cc1-n1c(C)cc([C@H]2C[C@@H]2c2cccc3ncsc23)c(Cl)c1=O. The Hall–Kier alpha value is -3.88. The fourth-order valence-electron chi connectivity index (χ4n) is 5.42. The summed E-state index contributed by atoms with van der Waals surface area (Å²) in [4.78, 5) is 36.4. The Morgan fingerprint density at radius 3 is 2.60 bits per heavy atom. The summed E-state index contributed by atoms with van der Waals surface area (Å²) in [5.41, 5.74) is 7.10. The first-order valence-electron chi connectivity index (χ1n) is 12.9. The third-order valence-corrected chi connectivity index (χ3v) is 8.84. The van der Waals surface area contributed by atoms with E-state index in [0.29, 0.717) is 11.4 Å². The van der Waals surface area contributed by atoms with Crippen LogP contribution in [0.1, 0.15) is 51.0 Å². The predicted molar refractivity (Wildman–Crippen MR) is 157 cm³/mol. The average molecular weight is 573 g/mol. The Morgan fingerprint density at radius 2 is 1.82 bits per heavy atom. The molecule has 0 spiro atoms. The van der Waals surface area contributed by atoms with Gasteiger partial charge >= 0.3 is 0 Å². The molecule has 0 aliphatic heterocycles. The lowest BCUT2D eigenvalue weighted by Gasteiger charge is -2.17. The molecule has 2 atom stereocenters. The van der Waals surface area contributed by atoms with Gasteiger partial charge in [0.05, 0.1) is 32.7 Å². The van der Waals surface area contributed by atoms with Gasteiger partial charge < -0.3 is 4.90 Å². The Labute approximate surface area is 239 Å². The molecule has 0 saturated heterocycles. The van der Waals surface area contributed by atoms with E-state index in [4.69, 9.17) is 11.6 Å². The normalized spacial score (nSPS) is 16.4. The lowest BCUT2D eigenvalue weighted by molar-refractivity contribution is 0.0823. The minimum absolute atomic E-state index is 0.0415. The van der Waals surface area contributed by atoms with E-state index in [1.165, 1.54) is 21.2 Å². The third-order valence-electron chi connectivity index (χ3n) is 7.56. The van der Waals surface area contributed by atoms with Crippen LogP contribution in [0.4, 0.5) is 4.39 Å². The van der Waals surface area contributed by atoms with Crippen molar-refractivity contribution in [3.8, 4) is 16.9 Å². The second kappa shape index (κ2) is 9.94. The van der Waals surface area contributed by atoms with Gasteiger partial charge in [0.1, 0.15) is 10.8 Å². The molecule has 2 aromatic carbocycles. The average Bonchev–Trinajstić information content (AvgIpc) is 3.57. The fraction of sp³-hybridized carbons (Fsp3) is 0.226. The minimum atomic E-state index is -0.656. The first-order valence-corrected chi connectivity index (χ1v) is 14.1. The summed E-state index contributed by atoms with van der Waals surface area (Å²) in [7, 11) is 3.14. The van der Waals surface area contributed by atoms with Crippen molar-refractivity contribution in [2.24, 2.45) is 0 Å². The molecule has 1 aliphatic carbocycles. The number of aromatic nitrogens is 3. The maximum atomic E-state index is 15.4. The van der Waals surface area contributed by atoms with Crippen molar-refractivity contribution < 1.29 is 9.18 Å². The Bertz CT molecular complexity index is 1880. The first-order chi connectivity index (χ1) is 19.2. The van der Waals surface area contributed by atoms with Crippen molar-refractivity contribution in [3.05, 3.63) is 109 Å². The third kappa shape index (κ3) is 4.32. The largest absolute Gasteiger partial charge is 0.345 e. The van der Waals surface area contributed by atoms with E-state index in [1.807, 2.05) is 37.6 Å². The van der Waals surface area contributed by atoms with Crippen LogP contribution in [0.25, 0.3) is 27.2 Å². The number of carbonyl (C=O) groups is 1. The molecule has 5 aromatic rings. The van der Waals surface area contributed by atoms with Crippen molar-refractivity contribution in [3.63, 3.8) is 0 Å². The fourth-order valence-corrected chi connectivity index (χ4v) is 6.57. The maximum absolute atomic E-state index is 15.4. The maximum Gasteiger partial charge on any atom is 0.274 e. The second-order valence-electron chi connectivity index (χ2n) is 10.4. The molecule has 9 heteroatoms. The van der Waals surface area contributed by atoms with Crippen LogP contribution in [0.3, 0.4) is 0 Å². The molecular formula is C31H26ClFN4O2S. The van der Waals surface area contributed by atoms with Crippen molar-refractivity contribution >= 4 is 39.1 Å². The number of nitrogens with zero attached hydrogens (tertiary/aromatic N) is 4. The van der Waals surface area contributed by atoms with E-state index >= 15 is 4.39 Å². The van der Waals surface area contributed by atoms with Crippen LogP contribution in [0, 0.1) is 19.7 Å². The van der Waals surface area contributed by atoms with E-state index in [-0.39, 0.29) is 33.5 Å². The quantitative estimate of drug-likeness (QED) is 0.230. The molecule has 0 bridgehead atoms. The number of rotatable bonds is 5. The molecule has 3 aromatic heterocycles. The van der Waals surface area contributed by atoms with Gasteiger partial charge in [0.25, 0.3) is 11.5 Å². The van der Waals surface area contributed by atoms with E-state index in [0.717, 1.165) is 28.8 Å². The van der Waals surface area contributed by atoms with Gasteiger partial charge in [0.15, 0.2) is 0 Å². The van der Waals surface area contributed by atoms with Crippen LogP contribution in [-0.2, 0) is 0 Å². The predicted octanol–water partition coefficient (Wildman–Crippen LogP) is 6.89. The number of halogens is 2. The summed E-state index contributed by atoms with van der Waals surface area (Å²) in [5.74, 6) is -0.658. The summed E-state index contributed by atoms with van der Waals surface area (Å²) >= 11 is 8.40. The molecule has 0 radical (unpaired) electrons. The minimum Gasteiger partial charge on any atom is -0.345 e. The summed E-state index contributed by atoms with van der Waals surface area (Å²) in [6.45, 7) is 3.72. The second-order valence-corrected chi connectivity index (χ2v) is 11.6. The van der Waals surface area contributed by atoms with E-state index < -0.39 is 11.7 Å². The number of pyridine rings is 2. The van der Waals surface area contributed by atoms with Crippen LogP contribution >= 0.6 is 22.9 Å². The Kier molecular flexibility index (Phi) is 6.55. The van der Waals surface area contributed by atoms with E-state index in [1.54, 1.807) is 54.4 Å². The molecule has 1 amide bonds. The molecule has 1 saturated carbocycles. The number of amides is 1. The smallest absolute Gasteiger partial charge is 0.274 e. The monoisotopic (exact) mass is 572 g/mol. The number of hydrogen-bond acceptors (Lipinski definition) is 5. The highest BCUT2D eigenvalue weighted by molar-refractivity contribution is 7.17. The molecule has 40 heavy (non-hydrogen) atoms. The van der Waals surface area contributed by atoms with Crippen LogP contribution in [0.15, 0.2) is 65.0 Å². The molecule has 0 N–H and O–H groups in total. The van der Waals surface area contributed by atoms with Gasteiger partial charge in [-0.3, -0.25) is 19.1 Å². The number of hydrogen-bond donors (Lipinski definition) is 0. The Balaban J connectivity index is 1.40. The number of fused-ring (bicyclic) bond motifs is 1. The van der Waals surface area contributed by atoms with Crippen LogP contribution in [0.2, 0.25) is 5.02 Å². The topological polar surface area (TPSA) is 68.1 Å². The molecular weight excluding hydrogens is 547 g/mol.